The smallest absolute Gasteiger partial charge is 0.200 e. The zero-order valence-electron chi connectivity index (χ0n) is 28.1. The number of ketones is 1. The van der Waals surface area contributed by atoms with Crippen LogP contribution in [0.3, 0.4) is 0 Å². The fraction of sp³-hybridized carbons (Fsp3) is 0.214. The average Bonchev–Trinajstić information content (AvgIpc) is 3.13. The number of methoxy groups -OCH3 is 1. The van der Waals surface area contributed by atoms with Crippen LogP contribution in [0.1, 0.15) is 46.0 Å². The molecule has 0 unspecified atom stereocenters. The lowest BCUT2D eigenvalue weighted by atomic mass is 9.88. The Kier molecular flexibility index (Phi) is 12.0. The SMILES string of the molecule is CC/C(=C(/c1ccc(OCCN(C)C)cc1)c1ccc(OCC(=O)c2ccc(OCc3ccccc3)c(OC)c2)cc1)c1ccccc1. The number of nitrogens with zero attached hydrogens (tertiary/aromatic N) is 1. The molecule has 6 nitrogen and oxygen atoms in total. The highest BCUT2D eigenvalue weighted by molar-refractivity contribution is 5.99. The van der Waals surface area contributed by atoms with Crippen molar-refractivity contribution in [2.45, 2.75) is 20.0 Å². The molecule has 0 heterocycles. The third kappa shape index (κ3) is 9.14. The van der Waals surface area contributed by atoms with E-state index in [0.717, 1.165) is 41.0 Å². The molecule has 0 radical (unpaired) electrons. The van der Waals surface area contributed by atoms with Crippen molar-refractivity contribution in [3.05, 3.63) is 155 Å². The lowest BCUT2D eigenvalue weighted by molar-refractivity contribution is 0.0921. The first kappa shape index (κ1) is 34.0. The zero-order chi connectivity index (χ0) is 33.7. The molecule has 0 N–H and O–H groups in total. The van der Waals surface area contributed by atoms with Crippen molar-refractivity contribution in [1.29, 1.82) is 0 Å². The Morgan fingerprint density at radius 1 is 0.625 bits per heavy atom. The van der Waals surface area contributed by atoms with Gasteiger partial charge in [-0.2, -0.15) is 0 Å². The summed E-state index contributed by atoms with van der Waals surface area (Å²) >= 11 is 0. The number of hydrogen-bond acceptors (Lipinski definition) is 6. The molecule has 0 amide bonds. The standard InChI is InChI=1S/C42H43NO5/c1-5-38(32-14-10-7-11-15-32)42(33-16-21-36(22-17-33)46-27-26-43(2)3)34-18-23-37(24-19-34)47-30-39(44)35-20-25-40(41(28-35)45-4)48-29-31-12-8-6-9-13-31/h6-25,28H,5,26-27,29-30H2,1-4H3/b42-38+. The van der Waals surface area contributed by atoms with E-state index >= 15 is 0 Å². The topological polar surface area (TPSA) is 57.2 Å². The minimum absolute atomic E-state index is 0.102. The Bertz CT molecular complexity index is 1780. The minimum Gasteiger partial charge on any atom is -0.493 e. The summed E-state index contributed by atoms with van der Waals surface area (Å²) in [6.45, 7) is 3.97. The van der Waals surface area contributed by atoms with Gasteiger partial charge in [-0.05, 0) is 96.4 Å². The van der Waals surface area contributed by atoms with E-state index < -0.39 is 0 Å². The van der Waals surface area contributed by atoms with Gasteiger partial charge >= 0.3 is 0 Å². The van der Waals surface area contributed by atoms with Crippen LogP contribution in [0.15, 0.2) is 127 Å². The van der Waals surface area contributed by atoms with Crippen LogP contribution in [0, 0.1) is 0 Å². The van der Waals surface area contributed by atoms with Crippen LogP contribution in [0.4, 0.5) is 0 Å². The normalized spacial score (nSPS) is 11.5. The van der Waals surface area contributed by atoms with E-state index in [2.05, 4.69) is 60.4 Å². The number of benzene rings is 5. The Balaban J connectivity index is 1.30. The molecule has 0 saturated heterocycles. The molecule has 0 bridgehead atoms. The second-order valence-corrected chi connectivity index (χ2v) is 11.6. The van der Waals surface area contributed by atoms with Crippen molar-refractivity contribution >= 4 is 16.9 Å². The number of Topliss-reactive ketones (excluding diaryl/α,β-unsaturated/α-hetero) is 1. The van der Waals surface area contributed by atoms with Gasteiger partial charge in [0.05, 0.1) is 7.11 Å². The maximum Gasteiger partial charge on any atom is 0.200 e. The Labute approximate surface area is 284 Å². The lowest BCUT2D eigenvalue weighted by Gasteiger charge is -2.17. The number of carbonyl (C=O) groups is 1. The summed E-state index contributed by atoms with van der Waals surface area (Å²) in [5.41, 5.74) is 7.27. The molecule has 0 saturated carbocycles. The monoisotopic (exact) mass is 641 g/mol. The van der Waals surface area contributed by atoms with Gasteiger partial charge in [0.25, 0.3) is 0 Å². The highest BCUT2D eigenvalue weighted by Gasteiger charge is 2.15. The summed E-state index contributed by atoms with van der Waals surface area (Å²) in [7, 11) is 5.64. The number of rotatable bonds is 16. The van der Waals surface area contributed by atoms with E-state index in [4.69, 9.17) is 18.9 Å². The van der Waals surface area contributed by atoms with Gasteiger partial charge in [-0.1, -0.05) is 91.9 Å². The number of allylic oxidation sites excluding steroid dienone is 1. The van der Waals surface area contributed by atoms with Crippen LogP contribution in [-0.2, 0) is 6.61 Å². The molecule has 0 aliphatic heterocycles. The molecule has 5 aromatic rings. The van der Waals surface area contributed by atoms with Crippen molar-refractivity contribution in [2.24, 2.45) is 0 Å². The van der Waals surface area contributed by atoms with Crippen LogP contribution in [-0.4, -0.2) is 51.6 Å². The first-order valence-electron chi connectivity index (χ1n) is 16.2. The molecule has 5 aromatic carbocycles. The largest absolute Gasteiger partial charge is 0.493 e. The van der Waals surface area contributed by atoms with E-state index in [1.165, 1.54) is 11.1 Å². The quantitative estimate of drug-likeness (QED) is 0.0793. The molecule has 0 fully saturated rings. The number of ether oxygens (including phenoxy) is 4. The predicted molar refractivity (Wildman–Crippen MR) is 193 cm³/mol. The molecule has 0 aromatic heterocycles. The first-order chi connectivity index (χ1) is 23.4. The summed E-state index contributed by atoms with van der Waals surface area (Å²) in [5, 5.41) is 0. The summed E-state index contributed by atoms with van der Waals surface area (Å²) in [4.78, 5) is 15.2. The highest BCUT2D eigenvalue weighted by Crippen LogP contribution is 2.36. The van der Waals surface area contributed by atoms with Crippen LogP contribution in [0.5, 0.6) is 23.0 Å². The summed E-state index contributed by atoms with van der Waals surface area (Å²) < 4.78 is 23.4. The van der Waals surface area contributed by atoms with Crippen LogP contribution in [0.2, 0.25) is 0 Å². The Morgan fingerprint density at radius 2 is 1.21 bits per heavy atom. The van der Waals surface area contributed by atoms with Crippen molar-refractivity contribution in [3.8, 4) is 23.0 Å². The molecule has 0 spiro atoms. The predicted octanol–water partition coefficient (Wildman–Crippen LogP) is 8.85. The summed E-state index contributed by atoms with van der Waals surface area (Å²) in [5.74, 6) is 2.38. The van der Waals surface area contributed by atoms with Gasteiger partial charge in [0.2, 0.25) is 0 Å². The van der Waals surface area contributed by atoms with Crippen molar-refractivity contribution in [2.75, 3.05) is 41.0 Å². The Morgan fingerprint density at radius 3 is 1.79 bits per heavy atom. The van der Waals surface area contributed by atoms with Gasteiger partial charge in [0, 0.05) is 12.1 Å². The molecule has 246 valence electrons. The maximum atomic E-state index is 13.1. The minimum atomic E-state index is -0.155. The lowest BCUT2D eigenvalue weighted by Crippen LogP contribution is -2.19. The second-order valence-electron chi connectivity index (χ2n) is 11.6. The first-order valence-corrected chi connectivity index (χ1v) is 16.2. The summed E-state index contributed by atoms with van der Waals surface area (Å²) in [6.07, 6.45) is 0.854. The van der Waals surface area contributed by atoms with Gasteiger partial charge in [-0.3, -0.25) is 4.79 Å². The van der Waals surface area contributed by atoms with E-state index in [1.807, 2.05) is 74.8 Å². The third-order valence-electron chi connectivity index (χ3n) is 7.96. The fourth-order valence-electron chi connectivity index (χ4n) is 5.39. The van der Waals surface area contributed by atoms with Gasteiger partial charge < -0.3 is 23.8 Å². The van der Waals surface area contributed by atoms with Gasteiger partial charge in [-0.25, -0.2) is 0 Å². The van der Waals surface area contributed by atoms with E-state index in [-0.39, 0.29) is 12.4 Å². The summed E-state index contributed by atoms with van der Waals surface area (Å²) in [6, 6.07) is 41.8. The molecule has 0 atom stereocenters. The van der Waals surface area contributed by atoms with Crippen molar-refractivity contribution < 1.29 is 23.7 Å². The van der Waals surface area contributed by atoms with E-state index in [0.29, 0.717) is 36.0 Å². The van der Waals surface area contributed by atoms with Crippen LogP contribution in [0.25, 0.3) is 11.1 Å². The average molecular weight is 642 g/mol. The molecule has 0 aliphatic carbocycles. The van der Waals surface area contributed by atoms with Gasteiger partial charge in [-0.15, -0.1) is 0 Å². The van der Waals surface area contributed by atoms with Crippen molar-refractivity contribution in [1.82, 2.24) is 4.90 Å². The van der Waals surface area contributed by atoms with Crippen LogP contribution >= 0.6 is 0 Å². The second kappa shape index (κ2) is 17.0. The third-order valence-corrected chi connectivity index (χ3v) is 7.96. The van der Waals surface area contributed by atoms with E-state index in [9.17, 15) is 4.79 Å². The van der Waals surface area contributed by atoms with Crippen LogP contribution < -0.4 is 18.9 Å². The molecule has 6 heteroatoms. The fourth-order valence-corrected chi connectivity index (χ4v) is 5.39. The molecular weight excluding hydrogens is 598 g/mol. The molecule has 48 heavy (non-hydrogen) atoms. The highest BCUT2D eigenvalue weighted by atomic mass is 16.5. The van der Waals surface area contributed by atoms with Gasteiger partial charge in [0.15, 0.2) is 23.9 Å². The van der Waals surface area contributed by atoms with Gasteiger partial charge in [0.1, 0.15) is 24.7 Å². The molecular formula is C42H43NO5. The molecule has 5 rings (SSSR count). The number of hydrogen-bond donors (Lipinski definition) is 0. The number of carbonyl (C=O) groups excluding carboxylic acids is 1. The van der Waals surface area contributed by atoms with E-state index in [1.54, 1.807) is 25.3 Å². The van der Waals surface area contributed by atoms with Crippen molar-refractivity contribution in [3.63, 3.8) is 0 Å². The zero-order valence-corrected chi connectivity index (χ0v) is 28.1. The molecule has 0 aliphatic rings. The maximum absolute atomic E-state index is 13.1. The Hall–Kier alpha value is -5.33. The number of likely N-dealkylation sites (N-methyl/N-ethyl adjacent to an activating group) is 1.